The van der Waals surface area contributed by atoms with Crippen LogP contribution in [0, 0.1) is 5.82 Å². The quantitative estimate of drug-likeness (QED) is 0.533. The minimum atomic E-state index is -4.52. The lowest BCUT2D eigenvalue weighted by atomic mass is 9.64. The second-order valence-corrected chi connectivity index (χ2v) is 8.11. The van der Waals surface area contributed by atoms with E-state index in [0.29, 0.717) is 5.56 Å². The molecule has 8 heteroatoms. The summed E-state index contributed by atoms with van der Waals surface area (Å²) in [5.74, 6) is -0.506. The third-order valence-electron chi connectivity index (χ3n) is 5.82. The SMILES string of the molecule is CC1(C)N=C(c2nnc3c(F)cccc3n2)c2cccc(C(F)(F)F)c2C1(C)C. The topological polar surface area (TPSA) is 51.0 Å². The van der Waals surface area contributed by atoms with E-state index in [4.69, 9.17) is 4.99 Å². The minimum absolute atomic E-state index is 0.00323. The molecular weight excluding hydrogens is 384 g/mol. The van der Waals surface area contributed by atoms with Gasteiger partial charge in [0.05, 0.1) is 16.6 Å². The Morgan fingerprint density at radius 3 is 2.28 bits per heavy atom. The monoisotopic (exact) mass is 402 g/mol. The van der Waals surface area contributed by atoms with Crippen molar-refractivity contribution in [2.45, 2.75) is 44.8 Å². The Bertz CT molecular complexity index is 1160. The second-order valence-electron chi connectivity index (χ2n) is 8.11. The minimum Gasteiger partial charge on any atom is -0.274 e. The molecule has 29 heavy (non-hydrogen) atoms. The maximum Gasteiger partial charge on any atom is 0.416 e. The van der Waals surface area contributed by atoms with E-state index in [1.54, 1.807) is 39.8 Å². The van der Waals surface area contributed by atoms with Crippen molar-refractivity contribution in [1.29, 1.82) is 0 Å². The summed E-state index contributed by atoms with van der Waals surface area (Å²) in [6.07, 6.45) is -4.52. The summed E-state index contributed by atoms with van der Waals surface area (Å²) in [4.78, 5) is 9.06. The van der Waals surface area contributed by atoms with Crippen molar-refractivity contribution >= 4 is 16.7 Å². The predicted molar refractivity (Wildman–Crippen MR) is 101 cm³/mol. The van der Waals surface area contributed by atoms with Crippen molar-refractivity contribution in [2.75, 3.05) is 0 Å². The van der Waals surface area contributed by atoms with Gasteiger partial charge in [-0.1, -0.05) is 32.0 Å². The van der Waals surface area contributed by atoms with Crippen LogP contribution in [0.25, 0.3) is 11.0 Å². The molecule has 4 rings (SSSR count). The van der Waals surface area contributed by atoms with E-state index < -0.39 is 28.5 Å². The first-order valence-electron chi connectivity index (χ1n) is 9.04. The molecule has 2 aromatic carbocycles. The highest BCUT2D eigenvalue weighted by Gasteiger charge is 2.49. The highest BCUT2D eigenvalue weighted by Crippen LogP contribution is 2.48. The number of fused-ring (bicyclic) bond motifs is 2. The van der Waals surface area contributed by atoms with Gasteiger partial charge in [0.25, 0.3) is 0 Å². The highest BCUT2D eigenvalue weighted by atomic mass is 19.4. The molecule has 0 atom stereocenters. The number of nitrogens with zero attached hydrogens (tertiary/aromatic N) is 4. The number of aliphatic imine (C=N–C) groups is 1. The molecule has 0 saturated carbocycles. The van der Waals surface area contributed by atoms with Crippen LogP contribution in [0.1, 0.15) is 50.2 Å². The van der Waals surface area contributed by atoms with Crippen molar-refractivity contribution in [1.82, 2.24) is 15.2 Å². The van der Waals surface area contributed by atoms with Crippen molar-refractivity contribution in [2.24, 2.45) is 4.99 Å². The Balaban J connectivity index is 2.03. The number of hydrogen-bond acceptors (Lipinski definition) is 4. The lowest BCUT2D eigenvalue weighted by Crippen LogP contribution is -2.47. The molecular formula is C21H18F4N4. The van der Waals surface area contributed by atoms with Gasteiger partial charge in [0, 0.05) is 11.0 Å². The van der Waals surface area contributed by atoms with Gasteiger partial charge in [-0.2, -0.15) is 13.2 Å². The maximum atomic E-state index is 13.9. The van der Waals surface area contributed by atoms with Crippen LogP contribution in [0.4, 0.5) is 17.6 Å². The van der Waals surface area contributed by atoms with Crippen LogP contribution < -0.4 is 0 Å². The molecule has 0 radical (unpaired) electrons. The summed E-state index contributed by atoms with van der Waals surface area (Å²) < 4.78 is 55.4. The number of aromatic nitrogens is 3. The Morgan fingerprint density at radius 2 is 1.59 bits per heavy atom. The average Bonchev–Trinajstić information content (AvgIpc) is 2.64. The third-order valence-corrected chi connectivity index (χ3v) is 5.82. The van der Waals surface area contributed by atoms with E-state index >= 15 is 0 Å². The zero-order chi connectivity index (χ0) is 21.2. The van der Waals surface area contributed by atoms with Gasteiger partial charge in [-0.3, -0.25) is 4.99 Å². The smallest absolute Gasteiger partial charge is 0.274 e. The van der Waals surface area contributed by atoms with E-state index in [1.165, 1.54) is 18.2 Å². The van der Waals surface area contributed by atoms with Crippen LogP contribution >= 0.6 is 0 Å². The van der Waals surface area contributed by atoms with E-state index in [2.05, 4.69) is 15.2 Å². The fourth-order valence-electron chi connectivity index (χ4n) is 3.64. The molecule has 0 spiro atoms. The van der Waals surface area contributed by atoms with Crippen LogP contribution in [-0.2, 0) is 11.6 Å². The molecule has 0 fully saturated rings. The van der Waals surface area contributed by atoms with Crippen molar-refractivity contribution in [3.63, 3.8) is 0 Å². The first kappa shape index (κ1) is 19.4. The van der Waals surface area contributed by atoms with E-state index in [-0.39, 0.29) is 28.1 Å². The molecule has 0 saturated heterocycles. The molecule has 150 valence electrons. The van der Waals surface area contributed by atoms with Crippen molar-refractivity contribution < 1.29 is 17.6 Å². The molecule has 4 nitrogen and oxygen atoms in total. The zero-order valence-electron chi connectivity index (χ0n) is 16.3. The first-order valence-corrected chi connectivity index (χ1v) is 9.04. The van der Waals surface area contributed by atoms with E-state index in [9.17, 15) is 17.6 Å². The Hall–Kier alpha value is -2.90. The number of hydrogen-bond donors (Lipinski definition) is 0. The van der Waals surface area contributed by atoms with Crippen LogP contribution in [0.15, 0.2) is 41.4 Å². The molecule has 2 heterocycles. The molecule has 0 unspecified atom stereocenters. The van der Waals surface area contributed by atoms with Gasteiger partial charge in [-0.25, -0.2) is 9.37 Å². The molecule has 0 bridgehead atoms. The van der Waals surface area contributed by atoms with Crippen molar-refractivity contribution in [3.8, 4) is 0 Å². The Morgan fingerprint density at radius 1 is 0.897 bits per heavy atom. The van der Waals surface area contributed by atoms with Crippen LogP contribution in [0.5, 0.6) is 0 Å². The molecule has 1 aromatic heterocycles. The molecule has 3 aromatic rings. The van der Waals surface area contributed by atoms with Crippen LogP contribution in [-0.4, -0.2) is 26.4 Å². The lowest BCUT2D eigenvalue weighted by molar-refractivity contribution is -0.139. The van der Waals surface area contributed by atoms with Crippen LogP contribution in [0.3, 0.4) is 0 Å². The van der Waals surface area contributed by atoms with Gasteiger partial charge in [0.1, 0.15) is 11.2 Å². The molecule has 1 aliphatic rings. The fraction of sp³-hybridized carbons (Fsp3) is 0.333. The molecule has 1 aliphatic heterocycles. The molecule has 0 amide bonds. The molecule has 0 N–H and O–H groups in total. The Kier molecular flexibility index (Phi) is 4.05. The summed E-state index contributed by atoms with van der Waals surface area (Å²) in [6, 6.07) is 8.31. The number of halogens is 4. The standard InChI is InChI=1S/C21H18F4N4/c1-19(2)15-11(7-5-8-12(15)21(23,24)25)16(27-20(19,3)4)18-26-14-10-6-9-13(22)17(14)28-29-18/h5-10H,1-4H3. The number of benzene rings is 2. The van der Waals surface area contributed by atoms with Gasteiger partial charge < -0.3 is 0 Å². The van der Waals surface area contributed by atoms with E-state index in [1.807, 2.05) is 0 Å². The van der Waals surface area contributed by atoms with Gasteiger partial charge in [-0.05, 0) is 37.6 Å². The lowest BCUT2D eigenvalue weighted by Gasteiger charge is -2.45. The fourth-order valence-corrected chi connectivity index (χ4v) is 3.64. The van der Waals surface area contributed by atoms with Gasteiger partial charge in [-0.15, -0.1) is 10.2 Å². The summed E-state index contributed by atoms with van der Waals surface area (Å²) in [5, 5.41) is 7.88. The normalized spacial score (nSPS) is 17.7. The summed E-state index contributed by atoms with van der Waals surface area (Å²) in [6.45, 7) is 7.04. The number of rotatable bonds is 1. The largest absolute Gasteiger partial charge is 0.416 e. The number of alkyl halides is 3. The third kappa shape index (κ3) is 2.89. The van der Waals surface area contributed by atoms with Crippen molar-refractivity contribution in [3.05, 3.63) is 64.7 Å². The summed E-state index contributed by atoms with van der Waals surface area (Å²) in [5.41, 5.74) is -1.57. The Labute approximate surface area is 164 Å². The first-order chi connectivity index (χ1) is 13.4. The molecule has 0 aliphatic carbocycles. The second kappa shape index (κ2) is 6.05. The van der Waals surface area contributed by atoms with Gasteiger partial charge in [0.15, 0.2) is 5.82 Å². The van der Waals surface area contributed by atoms with Gasteiger partial charge in [0.2, 0.25) is 5.82 Å². The predicted octanol–water partition coefficient (Wildman–Crippen LogP) is 5.09. The summed E-state index contributed by atoms with van der Waals surface area (Å²) in [7, 11) is 0. The average molecular weight is 402 g/mol. The van der Waals surface area contributed by atoms with Crippen LogP contribution in [0.2, 0.25) is 0 Å². The van der Waals surface area contributed by atoms with E-state index in [0.717, 1.165) is 6.07 Å². The maximum absolute atomic E-state index is 13.9. The zero-order valence-corrected chi connectivity index (χ0v) is 16.3. The summed E-state index contributed by atoms with van der Waals surface area (Å²) >= 11 is 0. The van der Waals surface area contributed by atoms with Gasteiger partial charge >= 0.3 is 6.18 Å². The highest BCUT2D eigenvalue weighted by molar-refractivity contribution is 6.13.